The standard InChI is InChI=1S/C20H32N6.HI/c1-7-21-20(22-11-10-17-9-8-16(4)23-12-17)25(5)13-18-14-26(6)24-19(18)15(2)3;/h8-9,12,14-15H,7,10-11,13H2,1-6H3,(H,21,22);1H. The molecule has 2 aromatic rings. The summed E-state index contributed by atoms with van der Waals surface area (Å²) in [6.07, 6.45) is 4.93. The molecule has 7 heteroatoms. The molecule has 2 aromatic heterocycles. The fourth-order valence-electron chi connectivity index (χ4n) is 2.90. The number of pyridine rings is 1. The molecule has 27 heavy (non-hydrogen) atoms. The number of aryl methyl sites for hydroxylation is 2. The molecule has 150 valence electrons. The van der Waals surface area contributed by atoms with Crippen LogP contribution >= 0.6 is 24.0 Å². The van der Waals surface area contributed by atoms with Gasteiger partial charge < -0.3 is 10.2 Å². The number of nitrogens with one attached hydrogen (secondary N) is 1. The molecule has 0 saturated carbocycles. The Kier molecular flexibility index (Phi) is 9.76. The topological polar surface area (TPSA) is 58.3 Å². The maximum absolute atomic E-state index is 4.79. The van der Waals surface area contributed by atoms with Crippen molar-refractivity contribution in [2.75, 3.05) is 20.1 Å². The molecular formula is C20H33IN6. The first kappa shape index (κ1) is 23.4. The number of guanidine groups is 1. The highest BCUT2D eigenvalue weighted by Crippen LogP contribution is 2.18. The van der Waals surface area contributed by atoms with Crippen molar-refractivity contribution in [2.24, 2.45) is 12.0 Å². The molecule has 0 fully saturated rings. The molecule has 0 aliphatic rings. The Labute approximate surface area is 180 Å². The van der Waals surface area contributed by atoms with E-state index in [-0.39, 0.29) is 24.0 Å². The fraction of sp³-hybridized carbons (Fsp3) is 0.550. The zero-order chi connectivity index (χ0) is 19.1. The van der Waals surface area contributed by atoms with Crippen molar-refractivity contribution in [2.45, 2.75) is 46.6 Å². The van der Waals surface area contributed by atoms with Gasteiger partial charge in [0.2, 0.25) is 0 Å². The lowest BCUT2D eigenvalue weighted by Crippen LogP contribution is -2.38. The predicted octanol–water partition coefficient (Wildman–Crippen LogP) is 3.50. The summed E-state index contributed by atoms with van der Waals surface area (Å²) in [4.78, 5) is 11.3. The quantitative estimate of drug-likeness (QED) is 0.371. The van der Waals surface area contributed by atoms with Gasteiger partial charge in [0.1, 0.15) is 0 Å². The van der Waals surface area contributed by atoms with Gasteiger partial charge >= 0.3 is 0 Å². The smallest absolute Gasteiger partial charge is 0.193 e. The molecule has 0 radical (unpaired) electrons. The van der Waals surface area contributed by atoms with Crippen molar-refractivity contribution in [3.63, 3.8) is 0 Å². The number of nitrogens with zero attached hydrogens (tertiary/aromatic N) is 5. The largest absolute Gasteiger partial charge is 0.357 e. The van der Waals surface area contributed by atoms with E-state index in [1.54, 1.807) is 0 Å². The van der Waals surface area contributed by atoms with Crippen LogP contribution < -0.4 is 5.32 Å². The van der Waals surface area contributed by atoms with Crippen LogP contribution in [-0.2, 0) is 20.0 Å². The number of hydrogen-bond donors (Lipinski definition) is 1. The molecule has 0 unspecified atom stereocenters. The third-order valence-corrected chi connectivity index (χ3v) is 4.22. The second-order valence-corrected chi connectivity index (χ2v) is 7.02. The molecule has 0 atom stereocenters. The molecule has 0 saturated heterocycles. The molecular weight excluding hydrogens is 451 g/mol. The Balaban J connectivity index is 0.00000364. The van der Waals surface area contributed by atoms with E-state index in [1.165, 1.54) is 11.1 Å². The summed E-state index contributed by atoms with van der Waals surface area (Å²) in [7, 11) is 4.05. The van der Waals surface area contributed by atoms with Crippen LogP contribution in [0.4, 0.5) is 0 Å². The van der Waals surface area contributed by atoms with Gasteiger partial charge in [-0.05, 0) is 37.8 Å². The summed E-state index contributed by atoms with van der Waals surface area (Å²) in [5.74, 6) is 1.33. The third kappa shape index (κ3) is 7.12. The van der Waals surface area contributed by atoms with Crippen LogP contribution in [0.2, 0.25) is 0 Å². The summed E-state index contributed by atoms with van der Waals surface area (Å²) >= 11 is 0. The van der Waals surface area contributed by atoms with E-state index in [4.69, 9.17) is 4.99 Å². The SMILES string of the molecule is CCNC(=NCCc1ccc(C)nc1)N(C)Cc1cn(C)nc1C(C)C.I. The number of aliphatic imine (C=N–C) groups is 1. The van der Waals surface area contributed by atoms with E-state index < -0.39 is 0 Å². The molecule has 0 amide bonds. The Morgan fingerprint density at radius 1 is 1.33 bits per heavy atom. The zero-order valence-electron chi connectivity index (χ0n) is 17.4. The van der Waals surface area contributed by atoms with Gasteiger partial charge in [0.05, 0.1) is 5.69 Å². The molecule has 2 rings (SSSR count). The van der Waals surface area contributed by atoms with E-state index in [0.717, 1.165) is 43.4 Å². The molecule has 0 spiro atoms. The molecule has 0 aliphatic carbocycles. The van der Waals surface area contributed by atoms with E-state index in [9.17, 15) is 0 Å². The highest BCUT2D eigenvalue weighted by atomic mass is 127. The minimum atomic E-state index is 0. The van der Waals surface area contributed by atoms with Crippen molar-refractivity contribution in [1.82, 2.24) is 25.0 Å². The van der Waals surface area contributed by atoms with Gasteiger partial charge in [-0.25, -0.2) is 0 Å². The highest BCUT2D eigenvalue weighted by Gasteiger charge is 2.15. The summed E-state index contributed by atoms with van der Waals surface area (Å²) in [6.45, 7) is 10.8. The van der Waals surface area contributed by atoms with Crippen LogP contribution in [0.5, 0.6) is 0 Å². The Morgan fingerprint density at radius 3 is 2.67 bits per heavy atom. The summed E-state index contributed by atoms with van der Waals surface area (Å²) in [5, 5.41) is 7.99. The average Bonchev–Trinajstić information content (AvgIpc) is 2.96. The Bertz CT molecular complexity index is 721. The number of aromatic nitrogens is 3. The van der Waals surface area contributed by atoms with Crippen LogP contribution in [0.15, 0.2) is 29.5 Å². The normalized spacial score (nSPS) is 11.4. The van der Waals surface area contributed by atoms with Crippen molar-refractivity contribution in [3.05, 3.63) is 47.0 Å². The second-order valence-electron chi connectivity index (χ2n) is 7.02. The van der Waals surface area contributed by atoms with Crippen LogP contribution in [-0.4, -0.2) is 45.8 Å². The zero-order valence-corrected chi connectivity index (χ0v) is 19.7. The summed E-state index contributed by atoms with van der Waals surface area (Å²) in [5.41, 5.74) is 4.66. The summed E-state index contributed by atoms with van der Waals surface area (Å²) < 4.78 is 1.90. The lowest BCUT2D eigenvalue weighted by atomic mass is 10.1. The molecule has 2 heterocycles. The van der Waals surface area contributed by atoms with Gasteiger partial charge in [-0.15, -0.1) is 24.0 Å². The second kappa shape index (κ2) is 11.3. The molecule has 1 N–H and O–H groups in total. The number of rotatable bonds is 7. The maximum atomic E-state index is 4.79. The van der Waals surface area contributed by atoms with E-state index in [2.05, 4.69) is 60.4 Å². The summed E-state index contributed by atoms with van der Waals surface area (Å²) in [6, 6.07) is 4.17. The van der Waals surface area contributed by atoms with Crippen LogP contribution in [0.25, 0.3) is 0 Å². The van der Waals surface area contributed by atoms with Gasteiger partial charge in [0.15, 0.2) is 5.96 Å². The van der Waals surface area contributed by atoms with Crippen molar-refractivity contribution in [3.8, 4) is 0 Å². The minimum absolute atomic E-state index is 0. The molecule has 0 bridgehead atoms. The molecule has 0 aromatic carbocycles. The van der Waals surface area contributed by atoms with Crippen molar-refractivity contribution >= 4 is 29.9 Å². The Hall–Kier alpha value is -1.64. The number of hydrogen-bond acceptors (Lipinski definition) is 3. The van der Waals surface area contributed by atoms with Gasteiger partial charge in [-0.3, -0.25) is 14.7 Å². The van der Waals surface area contributed by atoms with Crippen LogP contribution in [0, 0.1) is 6.92 Å². The van der Waals surface area contributed by atoms with Crippen LogP contribution in [0.1, 0.15) is 49.2 Å². The van der Waals surface area contributed by atoms with Crippen LogP contribution in [0.3, 0.4) is 0 Å². The average molecular weight is 484 g/mol. The first-order valence-electron chi connectivity index (χ1n) is 9.34. The monoisotopic (exact) mass is 484 g/mol. The predicted molar refractivity (Wildman–Crippen MR) is 123 cm³/mol. The third-order valence-electron chi connectivity index (χ3n) is 4.22. The Morgan fingerprint density at radius 2 is 2.07 bits per heavy atom. The minimum Gasteiger partial charge on any atom is -0.357 e. The van der Waals surface area contributed by atoms with Gasteiger partial charge in [-0.1, -0.05) is 19.9 Å². The fourth-order valence-corrected chi connectivity index (χ4v) is 2.90. The van der Waals surface area contributed by atoms with Gasteiger partial charge in [0.25, 0.3) is 0 Å². The first-order chi connectivity index (χ1) is 12.4. The van der Waals surface area contributed by atoms with E-state index in [1.807, 2.05) is 30.9 Å². The lowest BCUT2D eigenvalue weighted by Gasteiger charge is -2.22. The number of halogens is 1. The first-order valence-corrected chi connectivity index (χ1v) is 9.34. The maximum Gasteiger partial charge on any atom is 0.193 e. The molecule has 0 aliphatic heterocycles. The van der Waals surface area contributed by atoms with Gasteiger partial charge in [-0.2, -0.15) is 5.10 Å². The van der Waals surface area contributed by atoms with Crippen molar-refractivity contribution < 1.29 is 0 Å². The van der Waals surface area contributed by atoms with Crippen molar-refractivity contribution in [1.29, 1.82) is 0 Å². The lowest BCUT2D eigenvalue weighted by molar-refractivity contribution is 0.473. The van der Waals surface area contributed by atoms with Gasteiger partial charge in [0, 0.05) is 57.4 Å². The van der Waals surface area contributed by atoms with E-state index in [0.29, 0.717) is 5.92 Å². The van der Waals surface area contributed by atoms with E-state index >= 15 is 0 Å². The molecule has 6 nitrogen and oxygen atoms in total. The highest BCUT2D eigenvalue weighted by molar-refractivity contribution is 14.0.